The van der Waals surface area contributed by atoms with Gasteiger partial charge in [0, 0.05) is 33.7 Å². The molecule has 2 amide bonds. The fraction of sp³-hybridized carbons (Fsp3) is 0.323. The van der Waals surface area contributed by atoms with Crippen LogP contribution in [0.1, 0.15) is 61.5 Å². The molecule has 224 valence electrons. The highest BCUT2D eigenvalue weighted by atomic mass is 79.9. The van der Waals surface area contributed by atoms with Crippen molar-refractivity contribution in [2.24, 2.45) is 0 Å². The second kappa shape index (κ2) is 14.4. The minimum absolute atomic E-state index is 0.132. The summed E-state index contributed by atoms with van der Waals surface area (Å²) in [5.41, 5.74) is 1.31. The van der Waals surface area contributed by atoms with E-state index in [-0.39, 0.29) is 18.5 Å². The van der Waals surface area contributed by atoms with E-state index in [1.807, 2.05) is 0 Å². The summed E-state index contributed by atoms with van der Waals surface area (Å²) in [6.07, 6.45) is 1.89. The standard InChI is InChI=1S/C31H32BrN5O6/c1-31(2,3)43-30(41)35-12-6-5-7-25(36-29(39)40)28(38)37-18-24(23-15-22(32)9-10-26(23)37)21(17-34)14-20-13-19(16-33)8-11-27(20)42-4/h8-11,13-15,18,25,36H,5-7,12H2,1-4H3,(H,35,41)(H,39,40)/p-1/b21-14+/t25-/m1/s1. The summed E-state index contributed by atoms with van der Waals surface area (Å²) in [4.78, 5) is 37.1. The van der Waals surface area contributed by atoms with Gasteiger partial charge in [-0.2, -0.15) is 10.5 Å². The number of nitrogens with zero attached hydrogens (tertiary/aromatic N) is 3. The highest BCUT2D eigenvalue weighted by molar-refractivity contribution is 9.10. The van der Waals surface area contributed by atoms with Gasteiger partial charge in [-0.1, -0.05) is 15.9 Å². The van der Waals surface area contributed by atoms with Crippen molar-refractivity contribution in [2.75, 3.05) is 13.7 Å². The van der Waals surface area contributed by atoms with Crippen molar-refractivity contribution in [3.63, 3.8) is 0 Å². The SMILES string of the molecule is COc1ccc(C#N)cc1/C=C(\C#N)c1cn(C(=O)[C@@H](CCCCNC(=O)OC(C)(C)C)NC(=O)[O-])c2ccc(Br)cc12. The monoisotopic (exact) mass is 648 g/mol. The molecule has 1 heterocycles. The average Bonchev–Trinajstić information content (AvgIpc) is 3.31. The number of rotatable bonds is 10. The molecule has 1 atom stereocenters. The number of halogens is 1. The number of carboxylic acid groups (broad SMARTS) is 1. The second-order valence-electron chi connectivity index (χ2n) is 10.6. The normalized spacial score (nSPS) is 12.1. The number of benzene rings is 2. The summed E-state index contributed by atoms with van der Waals surface area (Å²) in [5.74, 6) is -0.114. The van der Waals surface area contributed by atoms with Crippen LogP contribution in [0.25, 0.3) is 22.6 Å². The number of carbonyl (C=O) groups is 3. The van der Waals surface area contributed by atoms with Gasteiger partial charge < -0.3 is 30.0 Å². The molecule has 11 nitrogen and oxygen atoms in total. The van der Waals surface area contributed by atoms with E-state index in [4.69, 9.17) is 9.47 Å². The number of alkyl carbamates (subject to hydrolysis) is 1. The summed E-state index contributed by atoms with van der Waals surface area (Å²) >= 11 is 3.44. The third kappa shape index (κ3) is 8.84. The predicted molar refractivity (Wildman–Crippen MR) is 162 cm³/mol. The van der Waals surface area contributed by atoms with Crippen LogP contribution >= 0.6 is 15.9 Å². The fourth-order valence-electron chi connectivity index (χ4n) is 4.39. The molecule has 0 radical (unpaired) electrons. The molecule has 0 bridgehead atoms. The number of hydrogen-bond donors (Lipinski definition) is 2. The quantitative estimate of drug-likeness (QED) is 0.229. The van der Waals surface area contributed by atoms with Gasteiger partial charge in [0.1, 0.15) is 23.5 Å². The van der Waals surface area contributed by atoms with Crippen molar-refractivity contribution < 1.29 is 29.0 Å². The largest absolute Gasteiger partial charge is 0.530 e. The Hall–Kier alpha value is -4.81. The first-order chi connectivity index (χ1) is 20.4. The number of fused-ring (bicyclic) bond motifs is 1. The van der Waals surface area contributed by atoms with Crippen LogP contribution in [-0.4, -0.2) is 48.0 Å². The van der Waals surface area contributed by atoms with E-state index < -0.39 is 29.7 Å². The van der Waals surface area contributed by atoms with Crippen LogP contribution in [0.4, 0.5) is 9.59 Å². The van der Waals surface area contributed by atoms with Gasteiger partial charge in [0.15, 0.2) is 0 Å². The minimum Gasteiger partial charge on any atom is -0.530 e. The predicted octanol–water partition coefficient (Wildman–Crippen LogP) is 4.98. The Kier molecular flexibility index (Phi) is 10.9. The fourth-order valence-corrected chi connectivity index (χ4v) is 4.75. The van der Waals surface area contributed by atoms with Crippen molar-refractivity contribution in [1.82, 2.24) is 15.2 Å². The van der Waals surface area contributed by atoms with Crippen LogP contribution in [0, 0.1) is 22.7 Å². The Bertz CT molecular complexity index is 1640. The number of hydrogen-bond acceptors (Lipinski definition) is 8. The Labute approximate surface area is 257 Å². The first-order valence-electron chi connectivity index (χ1n) is 13.4. The summed E-state index contributed by atoms with van der Waals surface area (Å²) in [6, 6.07) is 13.1. The lowest BCUT2D eigenvalue weighted by Crippen LogP contribution is -2.48. The number of nitriles is 2. The third-order valence-corrected chi connectivity index (χ3v) is 6.74. The zero-order chi connectivity index (χ0) is 31.7. The van der Waals surface area contributed by atoms with Gasteiger partial charge >= 0.3 is 6.09 Å². The molecule has 0 aliphatic rings. The molecule has 2 N–H and O–H groups in total. The van der Waals surface area contributed by atoms with Gasteiger partial charge in [0.05, 0.1) is 35.9 Å². The van der Waals surface area contributed by atoms with E-state index in [1.165, 1.54) is 17.9 Å². The number of amides is 2. The number of methoxy groups -OCH3 is 1. The smallest absolute Gasteiger partial charge is 0.407 e. The van der Waals surface area contributed by atoms with Crippen molar-refractivity contribution in [3.05, 3.63) is 63.8 Å². The van der Waals surface area contributed by atoms with Gasteiger partial charge in [0.25, 0.3) is 5.91 Å². The summed E-state index contributed by atoms with van der Waals surface area (Å²) in [6.45, 7) is 5.53. The summed E-state index contributed by atoms with van der Waals surface area (Å²) in [5, 5.41) is 36.4. The van der Waals surface area contributed by atoms with Crippen molar-refractivity contribution in [1.29, 1.82) is 10.5 Å². The van der Waals surface area contributed by atoms with Crippen LogP contribution in [-0.2, 0) is 4.74 Å². The highest BCUT2D eigenvalue weighted by Gasteiger charge is 2.24. The number of aromatic nitrogens is 1. The molecule has 12 heteroatoms. The van der Waals surface area contributed by atoms with Crippen LogP contribution in [0.3, 0.4) is 0 Å². The third-order valence-electron chi connectivity index (χ3n) is 6.25. The van der Waals surface area contributed by atoms with Crippen LogP contribution in [0.5, 0.6) is 5.75 Å². The molecular weight excluding hydrogens is 618 g/mol. The van der Waals surface area contributed by atoms with Crippen molar-refractivity contribution in [3.8, 4) is 17.9 Å². The van der Waals surface area contributed by atoms with Crippen molar-refractivity contribution in [2.45, 2.75) is 51.7 Å². The number of nitrogens with one attached hydrogen (secondary N) is 2. The molecule has 0 saturated carbocycles. The minimum atomic E-state index is -1.60. The summed E-state index contributed by atoms with van der Waals surface area (Å²) in [7, 11) is 1.48. The number of unbranched alkanes of at least 4 members (excludes halogenated alkanes) is 1. The van der Waals surface area contributed by atoms with E-state index in [0.29, 0.717) is 50.7 Å². The summed E-state index contributed by atoms with van der Waals surface area (Å²) < 4.78 is 12.6. The maximum Gasteiger partial charge on any atom is 0.407 e. The van der Waals surface area contributed by atoms with Crippen LogP contribution in [0.15, 0.2) is 47.1 Å². The number of ether oxygens (including phenoxy) is 2. The zero-order valence-electron chi connectivity index (χ0n) is 24.2. The second-order valence-corrected chi connectivity index (χ2v) is 11.5. The zero-order valence-corrected chi connectivity index (χ0v) is 25.8. The maximum atomic E-state index is 13.7. The Morgan fingerprint density at radius 3 is 2.51 bits per heavy atom. The van der Waals surface area contributed by atoms with E-state index in [1.54, 1.807) is 63.2 Å². The molecule has 0 fully saturated rings. The van der Waals surface area contributed by atoms with Gasteiger partial charge in [-0.05, 0) is 82.5 Å². The first-order valence-corrected chi connectivity index (χ1v) is 14.2. The molecule has 0 spiro atoms. The molecule has 0 aliphatic carbocycles. The number of carbonyl (C=O) groups excluding carboxylic acids is 3. The Morgan fingerprint density at radius 1 is 1.14 bits per heavy atom. The lowest BCUT2D eigenvalue weighted by molar-refractivity contribution is -0.251. The lowest BCUT2D eigenvalue weighted by Gasteiger charge is -2.21. The molecule has 3 aromatic rings. The molecule has 2 aromatic carbocycles. The van der Waals surface area contributed by atoms with E-state index >= 15 is 0 Å². The Morgan fingerprint density at radius 2 is 1.88 bits per heavy atom. The van der Waals surface area contributed by atoms with Gasteiger partial charge in [-0.15, -0.1) is 0 Å². The van der Waals surface area contributed by atoms with Crippen LogP contribution in [0.2, 0.25) is 0 Å². The molecule has 0 saturated heterocycles. The van der Waals surface area contributed by atoms with Crippen molar-refractivity contribution >= 4 is 56.6 Å². The topological polar surface area (TPSA) is 169 Å². The van der Waals surface area contributed by atoms with E-state index in [9.17, 15) is 30.0 Å². The molecular formula is C31H31BrN5O6-. The van der Waals surface area contributed by atoms with Gasteiger partial charge in [-0.3, -0.25) is 9.36 Å². The molecule has 3 rings (SSSR count). The number of allylic oxidation sites excluding steroid dienone is 1. The van der Waals surface area contributed by atoms with Gasteiger partial charge in [0.2, 0.25) is 0 Å². The van der Waals surface area contributed by atoms with Gasteiger partial charge in [-0.25, -0.2) is 4.79 Å². The lowest BCUT2D eigenvalue weighted by atomic mass is 10.0. The average molecular weight is 650 g/mol. The van der Waals surface area contributed by atoms with Crippen LogP contribution < -0.4 is 20.5 Å². The van der Waals surface area contributed by atoms with E-state index in [2.05, 4.69) is 38.7 Å². The molecule has 0 aliphatic heterocycles. The molecule has 1 aromatic heterocycles. The first kappa shape index (κ1) is 32.7. The highest BCUT2D eigenvalue weighted by Crippen LogP contribution is 2.33. The van der Waals surface area contributed by atoms with E-state index in [0.717, 1.165) is 0 Å². The molecule has 0 unspecified atom stereocenters. The maximum absolute atomic E-state index is 13.7. The Balaban J connectivity index is 1.93. The molecule has 43 heavy (non-hydrogen) atoms.